The molecule has 0 bridgehead atoms. The van der Waals surface area contributed by atoms with Gasteiger partial charge in [-0.2, -0.15) is 0 Å². The molecule has 1 aromatic carbocycles. The molecular weight excluding hydrogens is 234 g/mol. The summed E-state index contributed by atoms with van der Waals surface area (Å²) in [5, 5.41) is 13.3. The van der Waals surface area contributed by atoms with Gasteiger partial charge in [0.15, 0.2) is 0 Å². The molecule has 19 heavy (non-hydrogen) atoms. The van der Waals surface area contributed by atoms with Crippen LogP contribution in [-0.2, 0) is 6.42 Å². The van der Waals surface area contributed by atoms with Crippen molar-refractivity contribution in [2.75, 3.05) is 6.54 Å². The van der Waals surface area contributed by atoms with E-state index in [0.29, 0.717) is 18.9 Å². The van der Waals surface area contributed by atoms with Gasteiger partial charge >= 0.3 is 0 Å². The molecule has 0 aromatic heterocycles. The van der Waals surface area contributed by atoms with E-state index in [-0.39, 0.29) is 6.04 Å². The molecule has 0 spiro atoms. The van der Waals surface area contributed by atoms with Crippen LogP contribution in [0, 0.1) is 18.3 Å². The zero-order valence-corrected chi connectivity index (χ0v) is 12.2. The Hall–Kier alpha value is -1.30. The lowest BCUT2D eigenvalue weighted by Gasteiger charge is -2.16. The largest absolute Gasteiger partial charge is 0.387 e. The lowest BCUT2D eigenvalue weighted by Crippen LogP contribution is -2.30. The normalized spacial score (nSPS) is 14.1. The number of aliphatic hydroxyl groups excluding tert-OH is 1. The molecule has 0 aliphatic heterocycles. The van der Waals surface area contributed by atoms with Crippen LogP contribution in [0.1, 0.15) is 44.4 Å². The second-order valence-electron chi connectivity index (χ2n) is 5.57. The van der Waals surface area contributed by atoms with Crippen LogP contribution in [0.2, 0.25) is 0 Å². The summed E-state index contributed by atoms with van der Waals surface area (Å²) in [6, 6.07) is 8.46. The maximum atomic E-state index is 10.1. The lowest BCUT2D eigenvalue weighted by atomic mass is 10.00. The number of aliphatic hydroxyl groups is 1. The highest BCUT2D eigenvalue weighted by molar-refractivity contribution is 5.24. The highest BCUT2D eigenvalue weighted by Gasteiger charge is 2.09. The summed E-state index contributed by atoms with van der Waals surface area (Å²) in [5.41, 5.74) is 2.27. The Morgan fingerprint density at radius 3 is 2.37 bits per heavy atom. The van der Waals surface area contributed by atoms with E-state index in [9.17, 15) is 5.11 Å². The van der Waals surface area contributed by atoms with Crippen molar-refractivity contribution in [3.8, 4) is 12.3 Å². The van der Waals surface area contributed by atoms with E-state index in [1.807, 2.05) is 19.1 Å². The van der Waals surface area contributed by atoms with Gasteiger partial charge in [-0.15, -0.1) is 12.3 Å². The smallest absolute Gasteiger partial charge is 0.0914 e. The Labute approximate surface area is 117 Å². The molecule has 1 rings (SSSR count). The molecule has 104 valence electrons. The summed E-state index contributed by atoms with van der Waals surface area (Å²) in [7, 11) is 0. The molecule has 2 unspecified atom stereocenters. The van der Waals surface area contributed by atoms with Gasteiger partial charge in [0, 0.05) is 19.0 Å². The van der Waals surface area contributed by atoms with Crippen molar-refractivity contribution >= 4 is 0 Å². The third-order valence-electron chi connectivity index (χ3n) is 3.09. The van der Waals surface area contributed by atoms with Crippen LogP contribution in [0.25, 0.3) is 0 Å². The Morgan fingerprint density at radius 1 is 1.21 bits per heavy atom. The molecule has 1 aromatic rings. The standard InChI is InChI=1S/C17H25NO/c1-5-6-14(4)18-12-17(19)16-9-7-15(8-10-16)11-13(2)3/h1,7-10,13-14,17-19H,6,11-12H2,2-4H3. The first-order valence-electron chi connectivity index (χ1n) is 6.96. The average molecular weight is 259 g/mol. The molecule has 2 heteroatoms. The molecule has 0 saturated heterocycles. The van der Waals surface area contributed by atoms with Gasteiger partial charge in [0.25, 0.3) is 0 Å². The summed E-state index contributed by atoms with van der Waals surface area (Å²) in [6.45, 7) is 6.98. The van der Waals surface area contributed by atoms with E-state index < -0.39 is 6.10 Å². The quantitative estimate of drug-likeness (QED) is 0.738. The van der Waals surface area contributed by atoms with Crippen LogP contribution in [0.5, 0.6) is 0 Å². The summed E-state index contributed by atoms with van der Waals surface area (Å²) in [5.74, 6) is 3.27. The lowest BCUT2D eigenvalue weighted by molar-refractivity contribution is 0.171. The van der Waals surface area contributed by atoms with Crippen LogP contribution in [-0.4, -0.2) is 17.7 Å². The van der Waals surface area contributed by atoms with Crippen molar-refractivity contribution in [3.05, 3.63) is 35.4 Å². The van der Waals surface area contributed by atoms with Crippen molar-refractivity contribution in [2.45, 2.75) is 45.8 Å². The van der Waals surface area contributed by atoms with Crippen LogP contribution in [0.3, 0.4) is 0 Å². The predicted molar refractivity (Wildman–Crippen MR) is 80.9 cm³/mol. The maximum absolute atomic E-state index is 10.1. The molecule has 2 nitrogen and oxygen atoms in total. The molecule has 0 amide bonds. The van der Waals surface area contributed by atoms with E-state index in [2.05, 4.69) is 37.2 Å². The predicted octanol–water partition coefficient (Wildman–Crippen LogP) is 2.92. The Morgan fingerprint density at radius 2 is 1.84 bits per heavy atom. The zero-order chi connectivity index (χ0) is 14.3. The fourth-order valence-electron chi connectivity index (χ4n) is 2.03. The van der Waals surface area contributed by atoms with Gasteiger partial charge in [-0.25, -0.2) is 0 Å². The number of terminal acetylenes is 1. The van der Waals surface area contributed by atoms with Gasteiger partial charge in [-0.3, -0.25) is 0 Å². The van der Waals surface area contributed by atoms with E-state index in [4.69, 9.17) is 6.42 Å². The first-order chi connectivity index (χ1) is 9.02. The first kappa shape index (κ1) is 15.8. The van der Waals surface area contributed by atoms with Crippen molar-refractivity contribution in [1.29, 1.82) is 0 Å². The van der Waals surface area contributed by atoms with Crippen LogP contribution in [0.15, 0.2) is 24.3 Å². The van der Waals surface area contributed by atoms with E-state index >= 15 is 0 Å². The minimum Gasteiger partial charge on any atom is -0.387 e. The molecular formula is C17H25NO. The number of nitrogens with one attached hydrogen (secondary N) is 1. The fraction of sp³-hybridized carbons (Fsp3) is 0.529. The fourth-order valence-corrected chi connectivity index (χ4v) is 2.03. The van der Waals surface area contributed by atoms with Gasteiger partial charge in [0.1, 0.15) is 0 Å². The summed E-state index contributed by atoms with van der Waals surface area (Å²) < 4.78 is 0. The number of hydrogen-bond acceptors (Lipinski definition) is 2. The van der Waals surface area contributed by atoms with Crippen molar-refractivity contribution in [2.24, 2.45) is 5.92 Å². The minimum absolute atomic E-state index is 0.236. The van der Waals surface area contributed by atoms with Crippen molar-refractivity contribution in [1.82, 2.24) is 5.32 Å². The van der Waals surface area contributed by atoms with E-state index in [1.165, 1.54) is 5.56 Å². The van der Waals surface area contributed by atoms with Crippen molar-refractivity contribution in [3.63, 3.8) is 0 Å². The summed E-state index contributed by atoms with van der Waals surface area (Å²) in [6.07, 6.45) is 6.53. The van der Waals surface area contributed by atoms with Gasteiger partial charge in [0.05, 0.1) is 6.10 Å². The Bertz CT molecular complexity index is 402. The van der Waals surface area contributed by atoms with Crippen LogP contribution in [0.4, 0.5) is 0 Å². The van der Waals surface area contributed by atoms with Gasteiger partial charge in [0.2, 0.25) is 0 Å². The summed E-state index contributed by atoms with van der Waals surface area (Å²) >= 11 is 0. The molecule has 0 aliphatic carbocycles. The van der Waals surface area contributed by atoms with E-state index in [1.54, 1.807) is 0 Å². The molecule has 0 saturated carbocycles. The number of hydrogen-bond donors (Lipinski definition) is 2. The number of benzene rings is 1. The molecule has 2 atom stereocenters. The van der Waals surface area contributed by atoms with Gasteiger partial charge < -0.3 is 10.4 Å². The van der Waals surface area contributed by atoms with Gasteiger partial charge in [-0.1, -0.05) is 38.1 Å². The molecule has 2 N–H and O–H groups in total. The summed E-state index contributed by atoms with van der Waals surface area (Å²) in [4.78, 5) is 0. The molecule has 0 heterocycles. The third kappa shape index (κ3) is 5.92. The Balaban J connectivity index is 2.49. The number of rotatable bonds is 7. The second-order valence-corrected chi connectivity index (χ2v) is 5.57. The highest BCUT2D eigenvalue weighted by atomic mass is 16.3. The Kier molecular flexibility index (Phi) is 6.62. The van der Waals surface area contributed by atoms with Crippen molar-refractivity contribution < 1.29 is 5.11 Å². The topological polar surface area (TPSA) is 32.3 Å². The van der Waals surface area contributed by atoms with Crippen LogP contribution >= 0.6 is 0 Å². The monoisotopic (exact) mass is 259 g/mol. The van der Waals surface area contributed by atoms with Crippen LogP contribution < -0.4 is 5.32 Å². The molecule has 0 aliphatic rings. The highest BCUT2D eigenvalue weighted by Crippen LogP contribution is 2.15. The average Bonchev–Trinajstić information content (AvgIpc) is 2.36. The second kappa shape index (κ2) is 7.99. The molecule has 0 radical (unpaired) electrons. The SMILES string of the molecule is C#CCC(C)NCC(O)c1ccc(CC(C)C)cc1. The van der Waals surface area contributed by atoms with E-state index in [0.717, 1.165) is 12.0 Å². The first-order valence-corrected chi connectivity index (χ1v) is 6.96. The molecule has 0 fully saturated rings. The minimum atomic E-state index is -0.478. The van der Waals surface area contributed by atoms with Gasteiger partial charge in [-0.05, 0) is 30.4 Å². The maximum Gasteiger partial charge on any atom is 0.0914 e. The zero-order valence-electron chi connectivity index (χ0n) is 12.2. The third-order valence-corrected chi connectivity index (χ3v) is 3.09.